The third-order valence-electron chi connectivity index (χ3n) is 6.49. The first-order chi connectivity index (χ1) is 13.2. The van der Waals surface area contributed by atoms with E-state index in [1.54, 1.807) is 5.46 Å². The Morgan fingerprint density at radius 1 is 0.741 bits per heavy atom. The molecule has 0 saturated heterocycles. The zero-order valence-electron chi connectivity index (χ0n) is 15.7. The van der Waals surface area contributed by atoms with Gasteiger partial charge in [0.2, 0.25) is 0 Å². The van der Waals surface area contributed by atoms with Crippen LogP contribution < -0.4 is 25.8 Å². The second kappa shape index (κ2) is 5.29. The molecular formula is C24H21BN2+2. The third kappa shape index (κ3) is 1.97. The van der Waals surface area contributed by atoms with Gasteiger partial charge >= 0.3 is 6.71 Å². The molecular weight excluding hydrogens is 327 g/mol. The van der Waals surface area contributed by atoms with E-state index in [2.05, 4.69) is 90.2 Å². The summed E-state index contributed by atoms with van der Waals surface area (Å²) >= 11 is 0. The van der Waals surface area contributed by atoms with Crippen LogP contribution in [0.2, 0.25) is 0 Å². The Kier molecular flexibility index (Phi) is 2.97. The molecule has 0 spiro atoms. The van der Waals surface area contributed by atoms with Crippen molar-refractivity contribution >= 4 is 34.1 Å². The molecule has 27 heavy (non-hydrogen) atoms. The fraction of sp³-hybridized carbons (Fsp3) is 0.167. The molecule has 2 aromatic carbocycles. The van der Waals surface area contributed by atoms with Gasteiger partial charge in [-0.25, -0.2) is 9.13 Å². The highest BCUT2D eigenvalue weighted by Crippen LogP contribution is 2.24. The lowest BCUT2D eigenvalue weighted by molar-refractivity contribution is -0.658. The third-order valence-corrected chi connectivity index (χ3v) is 6.49. The van der Waals surface area contributed by atoms with Crippen LogP contribution in [0.4, 0.5) is 0 Å². The Morgan fingerprint density at radius 2 is 1.52 bits per heavy atom. The Balaban J connectivity index is 1.78. The summed E-state index contributed by atoms with van der Waals surface area (Å²) < 4.78 is 4.72. The van der Waals surface area contributed by atoms with E-state index in [0.717, 1.165) is 12.8 Å². The van der Waals surface area contributed by atoms with E-state index in [0.29, 0.717) is 6.71 Å². The van der Waals surface area contributed by atoms with E-state index in [4.69, 9.17) is 0 Å². The van der Waals surface area contributed by atoms with Crippen molar-refractivity contribution in [3.05, 3.63) is 89.2 Å². The number of aromatic nitrogens is 2. The molecule has 0 radical (unpaired) electrons. The van der Waals surface area contributed by atoms with Crippen molar-refractivity contribution in [1.29, 1.82) is 0 Å². The van der Waals surface area contributed by atoms with E-state index in [1.807, 2.05) is 0 Å². The van der Waals surface area contributed by atoms with E-state index in [-0.39, 0.29) is 0 Å². The second-order valence-corrected chi connectivity index (χ2v) is 8.00. The maximum Gasteiger partial charge on any atom is 0.407 e. The minimum absolute atomic E-state index is 0.310. The van der Waals surface area contributed by atoms with Gasteiger partial charge in [0.05, 0.1) is 0 Å². The summed E-state index contributed by atoms with van der Waals surface area (Å²) in [5.74, 6) is 0. The minimum atomic E-state index is 0.310. The lowest BCUT2D eigenvalue weighted by Gasteiger charge is -2.29. The van der Waals surface area contributed by atoms with Crippen LogP contribution in [0.15, 0.2) is 67.0 Å². The van der Waals surface area contributed by atoms with Gasteiger partial charge in [-0.1, -0.05) is 36.4 Å². The minimum Gasteiger partial charge on any atom is -0.213 e. The quantitative estimate of drug-likeness (QED) is 0.284. The standard InChI is InChI=1S/C24H21BN2/c1-26-12-6-10-18-13-16-8-5-9-17-14-21-20-11-4-3-7-19(20)15-27(2)24(21)25(22(16)17)23(18)26/h3-12,15H,13-14H2,1-2H3/q+2. The van der Waals surface area contributed by atoms with Crippen LogP contribution in [0.1, 0.15) is 22.3 Å². The number of hydrogen-bond donors (Lipinski definition) is 0. The molecule has 0 amide bonds. The summed E-state index contributed by atoms with van der Waals surface area (Å²) in [6.45, 7) is 0.310. The fourth-order valence-corrected chi connectivity index (χ4v) is 5.44. The van der Waals surface area contributed by atoms with Gasteiger partial charge in [0.1, 0.15) is 14.1 Å². The predicted molar refractivity (Wildman–Crippen MR) is 109 cm³/mol. The van der Waals surface area contributed by atoms with Crippen molar-refractivity contribution < 1.29 is 9.13 Å². The lowest BCUT2D eigenvalue weighted by Crippen LogP contribution is -2.75. The molecule has 0 unspecified atom stereocenters. The normalized spacial score (nSPS) is 13.9. The summed E-state index contributed by atoms with van der Waals surface area (Å²) in [5.41, 5.74) is 10.4. The van der Waals surface area contributed by atoms with Gasteiger partial charge in [-0.2, -0.15) is 0 Å². The monoisotopic (exact) mass is 348 g/mol. The Labute approximate surface area is 159 Å². The van der Waals surface area contributed by atoms with E-state index in [1.165, 1.54) is 44.2 Å². The molecule has 2 aliphatic rings. The SMILES string of the molecule is C[n+]1cccc2c1B1c3c(cccc3Cc3c1[n+](C)cc1ccccc31)C2. The smallest absolute Gasteiger partial charge is 0.213 e. The number of fused-ring (bicyclic) bond motifs is 6. The second-order valence-electron chi connectivity index (χ2n) is 8.00. The van der Waals surface area contributed by atoms with Crippen molar-refractivity contribution in [2.45, 2.75) is 12.8 Å². The van der Waals surface area contributed by atoms with Gasteiger partial charge in [0.15, 0.2) is 23.6 Å². The highest BCUT2D eigenvalue weighted by atomic mass is 14.9. The molecule has 3 heteroatoms. The van der Waals surface area contributed by atoms with Crippen molar-refractivity contribution in [1.82, 2.24) is 0 Å². The summed E-state index contributed by atoms with van der Waals surface area (Å²) in [5, 5.41) is 2.72. The molecule has 0 bridgehead atoms. The van der Waals surface area contributed by atoms with Gasteiger partial charge in [0, 0.05) is 35.4 Å². The molecule has 4 aromatic rings. The van der Waals surface area contributed by atoms with Crippen LogP contribution in [-0.2, 0) is 26.9 Å². The number of benzene rings is 2. The number of aryl methyl sites for hydroxylation is 2. The topological polar surface area (TPSA) is 7.76 Å². The van der Waals surface area contributed by atoms with Crippen LogP contribution in [0.25, 0.3) is 10.8 Å². The summed E-state index contributed by atoms with van der Waals surface area (Å²) in [6.07, 6.45) is 6.56. The van der Waals surface area contributed by atoms with Crippen LogP contribution in [-0.4, -0.2) is 6.71 Å². The molecule has 2 aliphatic heterocycles. The Morgan fingerprint density at radius 3 is 2.41 bits per heavy atom. The van der Waals surface area contributed by atoms with Crippen molar-refractivity contribution in [3.8, 4) is 0 Å². The Bertz CT molecular complexity index is 1240. The van der Waals surface area contributed by atoms with Crippen LogP contribution in [0, 0.1) is 0 Å². The molecule has 0 fully saturated rings. The van der Waals surface area contributed by atoms with Gasteiger partial charge in [-0.05, 0) is 34.1 Å². The van der Waals surface area contributed by atoms with Crippen LogP contribution >= 0.6 is 0 Å². The zero-order valence-corrected chi connectivity index (χ0v) is 15.7. The fourth-order valence-electron chi connectivity index (χ4n) is 5.44. The van der Waals surface area contributed by atoms with Gasteiger partial charge in [0.25, 0.3) is 0 Å². The maximum absolute atomic E-state index is 2.38. The number of pyridine rings is 2. The largest absolute Gasteiger partial charge is 0.407 e. The van der Waals surface area contributed by atoms with Gasteiger partial charge < -0.3 is 0 Å². The highest BCUT2D eigenvalue weighted by molar-refractivity contribution is 6.95. The first kappa shape index (κ1) is 15.2. The molecule has 0 saturated carbocycles. The molecule has 0 aliphatic carbocycles. The maximum atomic E-state index is 2.38. The summed E-state index contributed by atoms with van der Waals surface area (Å²) in [7, 11) is 4.41. The van der Waals surface area contributed by atoms with Crippen molar-refractivity contribution in [2.75, 3.05) is 0 Å². The summed E-state index contributed by atoms with van der Waals surface area (Å²) in [6, 6.07) is 20.2. The first-order valence-corrected chi connectivity index (χ1v) is 9.70. The molecule has 2 aromatic heterocycles. The van der Waals surface area contributed by atoms with Crippen LogP contribution in [0.5, 0.6) is 0 Å². The van der Waals surface area contributed by atoms with Crippen LogP contribution in [0.3, 0.4) is 0 Å². The first-order valence-electron chi connectivity index (χ1n) is 9.70. The number of hydrogen-bond acceptors (Lipinski definition) is 0. The molecule has 0 atom stereocenters. The van der Waals surface area contributed by atoms with E-state index >= 15 is 0 Å². The summed E-state index contributed by atoms with van der Waals surface area (Å²) in [4.78, 5) is 0. The average Bonchev–Trinajstić information content (AvgIpc) is 2.68. The molecule has 128 valence electrons. The molecule has 6 rings (SSSR count). The van der Waals surface area contributed by atoms with E-state index in [9.17, 15) is 0 Å². The van der Waals surface area contributed by atoms with Crippen molar-refractivity contribution in [2.24, 2.45) is 14.1 Å². The van der Waals surface area contributed by atoms with Crippen molar-refractivity contribution in [3.63, 3.8) is 0 Å². The van der Waals surface area contributed by atoms with E-state index < -0.39 is 0 Å². The van der Waals surface area contributed by atoms with Gasteiger partial charge in [-0.3, -0.25) is 0 Å². The lowest BCUT2D eigenvalue weighted by atomic mass is 9.33. The highest BCUT2D eigenvalue weighted by Gasteiger charge is 2.48. The zero-order chi connectivity index (χ0) is 18.1. The molecule has 2 nitrogen and oxygen atoms in total. The number of nitrogens with zero attached hydrogens (tertiary/aromatic N) is 2. The Hall–Kier alpha value is -2.94. The molecule has 0 N–H and O–H groups in total. The predicted octanol–water partition coefficient (Wildman–Crippen LogP) is 0.813. The number of rotatable bonds is 0. The van der Waals surface area contributed by atoms with Gasteiger partial charge in [-0.15, -0.1) is 0 Å². The molecule has 4 heterocycles. The average molecular weight is 348 g/mol.